The normalized spacial score (nSPS) is 11.3. The van der Waals surface area contributed by atoms with Gasteiger partial charge in [-0.1, -0.05) is 6.07 Å². The highest BCUT2D eigenvalue weighted by Gasteiger charge is 2.18. The zero-order chi connectivity index (χ0) is 13.9. The summed E-state index contributed by atoms with van der Waals surface area (Å²) in [4.78, 5) is 16.0. The fraction of sp³-hybridized carbons (Fsp3) is 0.357. The van der Waals surface area contributed by atoms with Crippen molar-refractivity contribution in [2.75, 3.05) is 0 Å². The molecule has 0 spiro atoms. The van der Waals surface area contributed by atoms with Gasteiger partial charge in [-0.2, -0.15) is 9.78 Å². The van der Waals surface area contributed by atoms with Crippen molar-refractivity contribution in [2.24, 2.45) is 0 Å². The summed E-state index contributed by atoms with van der Waals surface area (Å²) in [5.41, 5.74) is 1.33. The van der Waals surface area contributed by atoms with E-state index in [1.807, 2.05) is 39.0 Å². The van der Waals surface area contributed by atoms with Crippen LogP contribution >= 0.6 is 0 Å². The van der Waals surface area contributed by atoms with Crippen molar-refractivity contribution >= 4 is 6.09 Å². The first-order valence-electron chi connectivity index (χ1n) is 6.11. The molecule has 2 heterocycles. The molecule has 2 aromatic rings. The van der Waals surface area contributed by atoms with E-state index >= 15 is 0 Å². The molecule has 0 atom stereocenters. The lowest BCUT2D eigenvalue weighted by Gasteiger charge is -2.18. The SMILES string of the molecule is CC(C)(C)OC(=O)n1cc(Cc2ccccn2)cn1. The lowest BCUT2D eigenvalue weighted by molar-refractivity contribution is 0.0514. The molecule has 0 saturated carbocycles. The maximum absolute atomic E-state index is 11.8. The van der Waals surface area contributed by atoms with Gasteiger partial charge in [0.25, 0.3) is 0 Å². The number of aromatic nitrogens is 3. The third-order valence-corrected chi connectivity index (χ3v) is 2.33. The Morgan fingerprint density at radius 2 is 2.16 bits per heavy atom. The molecule has 5 heteroatoms. The van der Waals surface area contributed by atoms with Crippen molar-refractivity contribution < 1.29 is 9.53 Å². The highest BCUT2D eigenvalue weighted by atomic mass is 16.6. The van der Waals surface area contributed by atoms with E-state index < -0.39 is 11.7 Å². The van der Waals surface area contributed by atoms with Crippen molar-refractivity contribution in [1.82, 2.24) is 14.8 Å². The van der Waals surface area contributed by atoms with E-state index in [-0.39, 0.29) is 0 Å². The molecule has 0 fully saturated rings. The predicted molar refractivity (Wildman–Crippen MR) is 70.9 cm³/mol. The molecular formula is C14H17N3O2. The van der Waals surface area contributed by atoms with Gasteiger partial charge in [-0.3, -0.25) is 4.98 Å². The number of pyridine rings is 1. The van der Waals surface area contributed by atoms with Crippen LogP contribution in [0.3, 0.4) is 0 Å². The lowest BCUT2D eigenvalue weighted by atomic mass is 10.2. The van der Waals surface area contributed by atoms with E-state index in [0.29, 0.717) is 6.42 Å². The third-order valence-electron chi connectivity index (χ3n) is 2.33. The van der Waals surface area contributed by atoms with Gasteiger partial charge in [0, 0.05) is 24.5 Å². The molecule has 0 saturated heterocycles. The molecule has 0 unspecified atom stereocenters. The van der Waals surface area contributed by atoms with Gasteiger partial charge in [0.15, 0.2) is 0 Å². The largest absolute Gasteiger partial charge is 0.442 e. The first kappa shape index (κ1) is 13.3. The van der Waals surface area contributed by atoms with E-state index in [0.717, 1.165) is 11.3 Å². The number of hydrogen-bond donors (Lipinski definition) is 0. The molecule has 0 aromatic carbocycles. The minimum Gasteiger partial charge on any atom is -0.442 e. The Morgan fingerprint density at radius 1 is 1.37 bits per heavy atom. The number of carbonyl (C=O) groups excluding carboxylic acids is 1. The summed E-state index contributed by atoms with van der Waals surface area (Å²) in [7, 11) is 0. The number of carbonyl (C=O) groups is 1. The van der Waals surface area contributed by atoms with Gasteiger partial charge in [0.2, 0.25) is 0 Å². The van der Waals surface area contributed by atoms with Crippen molar-refractivity contribution in [2.45, 2.75) is 32.8 Å². The van der Waals surface area contributed by atoms with E-state index in [9.17, 15) is 4.79 Å². The summed E-state index contributed by atoms with van der Waals surface area (Å²) in [6.45, 7) is 5.47. The van der Waals surface area contributed by atoms with Crippen molar-refractivity contribution in [3.05, 3.63) is 48.0 Å². The van der Waals surface area contributed by atoms with E-state index in [4.69, 9.17) is 4.74 Å². The second-order valence-electron chi connectivity index (χ2n) is 5.27. The first-order valence-corrected chi connectivity index (χ1v) is 6.11. The Balaban J connectivity index is 2.05. The molecule has 5 nitrogen and oxygen atoms in total. The van der Waals surface area contributed by atoms with Crippen molar-refractivity contribution in [3.8, 4) is 0 Å². The minimum atomic E-state index is -0.524. The Bertz CT molecular complexity index is 556. The summed E-state index contributed by atoms with van der Waals surface area (Å²) in [5.74, 6) is 0. The second-order valence-corrected chi connectivity index (χ2v) is 5.27. The number of rotatable bonds is 2. The number of hydrogen-bond acceptors (Lipinski definition) is 4. The zero-order valence-corrected chi connectivity index (χ0v) is 11.3. The van der Waals surface area contributed by atoms with Gasteiger partial charge in [0.1, 0.15) is 5.60 Å². The van der Waals surface area contributed by atoms with Crippen LogP contribution in [0.25, 0.3) is 0 Å². The van der Waals surface area contributed by atoms with Gasteiger partial charge in [-0.05, 0) is 38.5 Å². The predicted octanol–water partition coefficient (Wildman–Crippen LogP) is 2.65. The molecule has 0 radical (unpaired) electrons. The van der Waals surface area contributed by atoms with Crippen LogP contribution in [0.1, 0.15) is 32.0 Å². The smallest absolute Gasteiger partial charge is 0.435 e. The fourth-order valence-electron chi connectivity index (χ4n) is 1.57. The average molecular weight is 259 g/mol. The van der Waals surface area contributed by atoms with Crippen LogP contribution in [0.15, 0.2) is 36.8 Å². The molecule has 0 aliphatic heterocycles. The maximum Gasteiger partial charge on any atom is 0.435 e. The highest BCUT2D eigenvalue weighted by Crippen LogP contribution is 2.10. The molecule has 0 aliphatic rings. The van der Waals surface area contributed by atoms with Gasteiger partial charge >= 0.3 is 6.09 Å². The van der Waals surface area contributed by atoms with E-state index in [1.54, 1.807) is 18.6 Å². The number of ether oxygens (including phenoxy) is 1. The summed E-state index contributed by atoms with van der Waals surface area (Å²) in [6, 6.07) is 5.74. The summed E-state index contributed by atoms with van der Waals surface area (Å²) in [5, 5.41) is 4.01. The van der Waals surface area contributed by atoms with Crippen molar-refractivity contribution in [3.63, 3.8) is 0 Å². The molecule has 0 aliphatic carbocycles. The van der Waals surface area contributed by atoms with Crippen LogP contribution < -0.4 is 0 Å². The highest BCUT2D eigenvalue weighted by molar-refractivity contribution is 5.69. The van der Waals surface area contributed by atoms with Gasteiger partial charge in [0.05, 0.1) is 6.20 Å². The molecule has 0 amide bonds. The Labute approximate surface area is 112 Å². The van der Waals surface area contributed by atoms with Gasteiger partial charge in [-0.15, -0.1) is 0 Å². The first-order chi connectivity index (χ1) is 8.94. The van der Waals surface area contributed by atoms with Crippen LogP contribution in [-0.2, 0) is 11.2 Å². The standard InChI is InChI=1S/C14H17N3O2/c1-14(2,3)19-13(18)17-10-11(9-16-17)8-12-6-4-5-7-15-12/h4-7,9-10H,8H2,1-3H3. The molecule has 100 valence electrons. The average Bonchev–Trinajstić information content (AvgIpc) is 2.77. The maximum atomic E-state index is 11.8. The summed E-state index contributed by atoms with van der Waals surface area (Å²) >= 11 is 0. The van der Waals surface area contributed by atoms with Crippen LogP contribution in [0.4, 0.5) is 4.79 Å². The Kier molecular flexibility index (Phi) is 3.64. The molecule has 2 rings (SSSR count). The molecular weight excluding hydrogens is 242 g/mol. The molecule has 0 N–H and O–H groups in total. The second kappa shape index (κ2) is 5.22. The quantitative estimate of drug-likeness (QED) is 0.832. The summed E-state index contributed by atoms with van der Waals surface area (Å²) in [6.07, 6.45) is 5.23. The van der Waals surface area contributed by atoms with Crippen molar-refractivity contribution in [1.29, 1.82) is 0 Å². The Morgan fingerprint density at radius 3 is 2.79 bits per heavy atom. The van der Waals surface area contributed by atoms with Gasteiger partial charge < -0.3 is 4.74 Å². The zero-order valence-electron chi connectivity index (χ0n) is 11.3. The summed E-state index contributed by atoms with van der Waals surface area (Å²) < 4.78 is 6.45. The van der Waals surface area contributed by atoms with E-state index in [2.05, 4.69) is 10.1 Å². The van der Waals surface area contributed by atoms with Crippen LogP contribution in [0.5, 0.6) is 0 Å². The molecule has 19 heavy (non-hydrogen) atoms. The monoisotopic (exact) mass is 259 g/mol. The third kappa shape index (κ3) is 3.91. The van der Waals surface area contributed by atoms with Crippen LogP contribution in [0, 0.1) is 0 Å². The van der Waals surface area contributed by atoms with Crippen LogP contribution in [-0.4, -0.2) is 26.5 Å². The molecule has 0 bridgehead atoms. The van der Waals surface area contributed by atoms with E-state index in [1.165, 1.54) is 4.68 Å². The topological polar surface area (TPSA) is 57.0 Å². The number of nitrogens with zero attached hydrogens (tertiary/aromatic N) is 3. The van der Waals surface area contributed by atoms with Crippen LogP contribution in [0.2, 0.25) is 0 Å². The fourth-order valence-corrected chi connectivity index (χ4v) is 1.57. The van der Waals surface area contributed by atoms with Gasteiger partial charge in [-0.25, -0.2) is 4.79 Å². The Hall–Kier alpha value is -2.17. The lowest BCUT2D eigenvalue weighted by Crippen LogP contribution is -2.27. The molecule has 2 aromatic heterocycles. The minimum absolute atomic E-state index is 0.472.